The fraction of sp³-hybridized carbons (Fsp3) is 0.400. The number of thiazole rings is 1. The Morgan fingerprint density at radius 2 is 2.16 bits per heavy atom. The van der Waals surface area contributed by atoms with Crippen molar-refractivity contribution in [1.29, 1.82) is 0 Å². The number of anilines is 1. The Kier molecular flexibility index (Phi) is 3.45. The van der Waals surface area contributed by atoms with Crippen molar-refractivity contribution >= 4 is 33.3 Å². The van der Waals surface area contributed by atoms with Crippen LogP contribution in [0.25, 0.3) is 22.2 Å². The van der Waals surface area contributed by atoms with E-state index in [0.717, 1.165) is 34.8 Å². The first-order valence-electron chi connectivity index (χ1n) is 9.03. The normalized spacial score (nSPS) is 24.9. The lowest BCUT2D eigenvalue weighted by atomic mass is 9.88. The van der Waals surface area contributed by atoms with Gasteiger partial charge in [-0.05, 0) is 44.1 Å². The molecular formula is C20H21N3OS. The van der Waals surface area contributed by atoms with E-state index in [9.17, 15) is 4.79 Å². The van der Waals surface area contributed by atoms with Crippen LogP contribution in [0.4, 0.5) is 5.13 Å². The first kappa shape index (κ1) is 15.1. The molecule has 0 radical (unpaired) electrons. The number of amides is 1. The molecule has 2 bridgehead atoms. The van der Waals surface area contributed by atoms with Crippen molar-refractivity contribution in [2.45, 2.75) is 32.6 Å². The van der Waals surface area contributed by atoms with E-state index in [-0.39, 0.29) is 11.8 Å². The summed E-state index contributed by atoms with van der Waals surface area (Å²) in [7, 11) is 0. The third-order valence-electron chi connectivity index (χ3n) is 5.96. The van der Waals surface area contributed by atoms with Crippen molar-refractivity contribution in [1.82, 2.24) is 9.97 Å². The summed E-state index contributed by atoms with van der Waals surface area (Å²) in [6.45, 7) is 2.07. The molecule has 2 aliphatic carbocycles. The van der Waals surface area contributed by atoms with E-state index < -0.39 is 0 Å². The minimum Gasteiger partial charge on any atom is -0.358 e. The molecule has 25 heavy (non-hydrogen) atoms. The fourth-order valence-corrected chi connectivity index (χ4v) is 5.52. The largest absolute Gasteiger partial charge is 0.358 e. The fourth-order valence-electron chi connectivity index (χ4n) is 4.82. The first-order chi connectivity index (χ1) is 12.2. The molecule has 128 valence electrons. The van der Waals surface area contributed by atoms with Crippen LogP contribution in [0.1, 0.15) is 31.4 Å². The standard InChI is InChI=1S/C20H21N3OS/c1-11-18(14-4-2-3-5-16(14)21-11)17-10-25-20(22-17)23-19(24)15-9-12-6-7-13(15)8-12/h2-5,10,12-13,15,21H,6-9H2,1H3,(H,22,23,24). The zero-order chi connectivity index (χ0) is 17.0. The lowest BCUT2D eigenvalue weighted by Gasteiger charge is -2.19. The highest BCUT2D eigenvalue weighted by Gasteiger charge is 2.43. The quantitative estimate of drug-likeness (QED) is 0.699. The van der Waals surface area contributed by atoms with Crippen LogP contribution in [-0.4, -0.2) is 15.9 Å². The van der Waals surface area contributed by atoms with Crippen LogP contribution in [0.3, 0.4) is 0 Å². The van der Waals surface area contributed by atoms with Crippen LogP contribution in [0.5, 0.6) is 0 Å². The van der Waals surface area contributed by atoms with E-state index in [1.165, 1.54) is 36.0 Å². The maximum atomic E-state index is 12.6. The highest BCUT2D eigenvalue weighted by atomic mass is 32.1. The molecule has 1 amide bonds. The zero-order valence-electron chi connectivity index (χ0n) is 14.2. The summed E-state index contributed by atoms with van der Waals surface area (Å²) in [5.74, 6) is 1.74. The Bertz CT molecular complexity index is 957. The summed E-state index contributed by atoms with van der Waals surface area (Å²) < 4.78 is 0. The Hall–Kier alpha value is -2.14. The predicted octanol–water partition coefficient (Wildman–Crippen LogP) is 4.97. The molecule has 2 saturated carbocycles. The molecule has 3 atom stereocenters. The van der Waals surface area contributed by atoms with Gasteiger partial charge in [0.2, 0.25) is 5.91 Å². The first-order valence-corrected chi connectivity index (χ1v) is 9.91. The Balaban J connectivity index is 1.40. The van der Waals surface area contributed by atoms with Gasteiger partial charge in [0.05, 0.1) is 5.69 Å². The molecule has 2 N–H and O–H groups in total. The number of aromatic amines is 1. The van der Waals surface area contributed by atoms with Gasteiger partial charge in [-0.2, -0.15) is 0 Å². The van der Waals surface area contributed by atoms with E-state index in [4.69, 9.17) is 4.98 Å². The van der Waals surface area contributed by atoms with E-state index in [1.54, 1.807) is 0 Å². The molecule has 0 aliphatic heterocycles. The number of benzene rings is 1. The maximum absolute atomic E-state index is 12.6. The molecule has 2 aliphatic rings. The molecule has 5 heteroatoms. The summed E-state index contributed by atoms with van der Waals surface area (Å²) >= 11 is 1.52. The van der Waals surface area contributed by atoms with Crippen molar-refractivity contribution in [2.24, 2.45) is 17.8 Å². The van der Waals surface area contributed by atoms with Crippen LogP contribution in [0.2, 0.25) is 0 Å². The summed E-state index contributed by atoms with van der Waals surface area (Å²) in [4.78, 5) is 20.7. The van der Waals surface area contributed by atoms with E-state index in [1.807, 2.05) is 17.5 Å². The highest BCUT2D eigenvalue weighted by Crippen LogP contribution is 2.48. The third-order valence-corrected chi connectivity index (χ3v) is 6.72. The smallest absolute Gasteiger partial charge is 0.229 e. The lowest BCUT2D eigenvalue weighted by molar-refractivity contribution is -0.121. The topological polar surface area (TPSA) is 57.8 Å². The third kappa shape index (κ3) is 2.49. The van der Waals surface area contributed by atoms with Crippen molar-refractivity contribution in [3.63, 3.8) is 0 Å². The SMILES string of the molecule is Cc1[nH]c2ccccc2c1-c1csc(NC(=O)C2CC3CCC2C3)n1. The molecule has 1 aromatic carbocycles. The number of nitrogens with one attached hydrogen (secondary N) is 2. The predicted molar refractivity (Wildman–Crippen MR) is 102 cm³/mol. The second kappa shape index (κ2) is 5.70. The average molecular weight is 351 g/mol. The Morgan fingerprint density at radius 1 is 1.28 bits per heavy atom. The molecule has 2 fully saturated rings. The van der Waals surface area contributed by atoms with Crippen LogP contribution >= 0.6 is 11.3 Å². The second-order valence-corrected chi connectivity index (χ2v) is 8.34. The van der Waals surface area contributed by atoms with Crippen molar-refractivity contribution < 1.29 is 4.79 Å². The number of aromatic nitrogens is 2. The van der Waals surface area contributed by atoms with Gasteiger partial charge in [-0.1, -0.05) is 24.6 Å². The molecule has 0 saturated heterocycles. The van der Waals surface area contributed by atoms with Gasteiger partial charge < -0.3 is 10.3 Å². The number of carbonyl (C=O) groups is 1. The number of hydrogen-bond donors (Lipinski definition) is 2. The maximum Gasteiger partial charge on any atom is 0.229 e. The van der Waals surface area contributed by atoms with Crippen LogP contribution in [-0.2, 0) is 4.79 Å². The van der Waals surface area contributed by atoms with Gasteiger partial charge in [0.1, 0.15) is 0 Å². The number of carbonyl (C=O) groups excluding carboxylic acids is 1. The van der Waals surface area contributed by atoms with Gasteiger partial charge in [-0.25, -0.2) is 4.98 Å². The average Bonchev–Trinajstić information content (AvgIpc) is 3.36. The molecule has 3 aromatic rings. The minimum atomic E-state index is 0.170. The number of fused-ring (bicyclic) bond motifs is 3. The highest BCUT2D eigenvalue weighted by molar-refractivity contribution is 7.14. The van der Waals surface area contributed by atoms with Crippen molar-refractivity contribution in [3.05, 3.63) is 35.3 Å². The van der Waals surface area contributed by atoms with Gasteiger partial charge in [0.15, 0.2) is 5.13 Å². The number of aryl methyl sites for hydroxylation is 1. The van der Waals surface area contributed by atoms with Crippen molar-refractivity contribution in [3.8, 4) is 11.3 Å². The van der Waals surface area contributed by atoms with Gasteiger partial charge in [-0.3, -0.25) is 4.79 Å². The minimum absolute atomic E-state index is 0.170. The number of H-pyrrole nitrogens is 1. The van der Waals surface area contributed by atoms with Gasteiger partial charge in [0.25, 0.3) is 0 Å². The molecule has 2 aromatic heterocycles. The van der Waals surface area contributed by atoms with Crippen LogP contribution < -0.4 is 5.32 Å². The summed E-state index contributed by atoms with van der Waals surface area (Å²) in [6, 6.07) is 8.27. The zero-order valence-corrected chi connectivity index (χ0v) is 15.0. The molecular weight excluding hydrogens is 330 g/mol. The molecule has 4 nitrogen and oxygen atoms in total. The summed E-state index contributed by atoms with van der Waals surface area (Å²) in [6.07, 6.45) is 4.85. The van der Waals surface area contributed by atoms with Crippen molar-refractivity contribution in [2.75, 3.05) is 5.32 Å². The molecule has 5 rings (SSSR count). The number of rotatable bonds is 3. The molecule has 3 unspecified atom stereocenters. The second-order valence-electron chi connectivity index (χ2n) is 7.48. The number of nitrogens with zero attached hydrogens (tertiary/aromatic N) is 1. The van der Waals surface area contributed by atoms with Gasteiger partial charge >= 0.3 is 0 Å². The number of para-hydroxylation sites is 1. The molecule has 2 heterocycles. The van der Waals surface area contributed by atoms with E-state index in [2.05, 4.69) is 29.4 Å². The molecule has 0 spiro atoms. The van der Waals surface area contributed by atoms with E-state index in [0.29, 0.717) is 11.0 Å². The van der Waals surface area contributed by atoms with E-state index >= 15 is 0 Å². The van der Waals surface area contributed by atoms with Crippen LogP contribution in [0.15, 0.2) is 29.6 Å². The lowest BCUT2D eigenvalue weighted by Crippen LogP contribution is -2.27. The monoisotopic (exact) mass is 351 g/mol. The summed E-state index contributed by atoms with van der Waals surface area (Å²) in [5, 5.41) is 7.01. The number of hydrogen-bond acceptors (Lipinski definition) is 3. The van der Waals surface area contributed by atoms with Gasteiger partial charge in [-0.15, -0.1) is 11.3 Å². The van der Waals surface area contributed by atoms with Crippen LogP contribution in [0, 0.1) is 24.7 Å². The summed E-state index contributed by atoms with van der Waals surface area (Å²) in [5.41, 5.74) is 4.29. The Labute approximate surface area is 150 Å². The van der Waals surface area contributed by atoms with Gasteiger partial charge in [0, 0.05) is 33.5 Å². The Morgan fingerprint density at radius 3 is 2.96 bits per heavy atom.